The van der Waals surface area contributed by atoms with E-state index in [1.807, 2.05) is 6.92 Å². The quantitative estimate of drug-likeness (QED) is 0.541. The molecule has 2 rings (SSSR count). The van der Waals surface area contributed by atoms with Crippen molar-refractivity contribution >= 4 is 5.97 Å². The Morgan fingerprint density at radius 2 is 2.31 bits per heavy atom. The zero-order chi connectivity index (χ0) is 11.6. The first-order valence-electron chi connectivity index (χ1n) is 5.91. The molecule has 0 saturated heterocycles. The number of allylic oxidation sites excluding steroid dienone is 2. The molecule has 16 heavy (non-hydrogen) atoms. The second-order valence-electron chi connectivity index (χ2n) is 5.06. The molecule has 1 fully saturated rings. The molecule has 0 aromatic heterocycles. The van der Waals surface area contributed by atoms with Crippen molar-refractivity contribution in [2.75, 3.05) is 0 Å². The first-order chi connectivity index (χ1) is 7.65. The van der Waals surface area contributed by atoms with Gasteiger partial charge in [0.2, 0.25) is 0 Å². The van der Waals surface area contributed by atoms with Crippen molar-refractivity contribution < 1.29 is 9.53 Å². The van der Waals surface area contributed by atoms with Crippen molar-refractivity contribution in [3.63, 3.8) is 0 Å². The van der Waals surface area contributed by atoms with Gasteiger partial charge in [-0.05, 0) is 39.0 Å². The molecule has 2 aliphatic carbocycles. The Balaban J connectivity index is 1.93. The van der Waals surface area contributed by atoms with Gasteiger partial charge in [0.05, 0.1) is 5.41 Å². The Morgan fingerprint density at radius 3 is 2.81 bits per heavy atom. The molecule has 3 nitrogen and oxygen atoms in total. The van der Waals surface area contributed by atoms with E-state index in [-0.39, 0.29) is 17.3 Å². The second kappa shape index (κ2) is 4.29. The van der Waals surface area contributed by atoms with E-state index in [4.69, 9.17) is 10.00 Å². The molecule has 0 bridgehead atoms. The molecule has 1 saturated carbocycles. The molecule has 0 aromatic rings. The third-order valence-corrected chi connectivity index (χ3v) is 3.59. The molecular formula is C13H17NO2. The van der Waals surface area contributed by atoms with Crippen molar-refractivity contribution in [1.29, 1.82) is 5.26 Å². The molecular weight excluding hydrogens is 202 g/mol. The van der Waals surface area contributed by atoms with Crippen molar-refractivity contribution in [3.05, 3.63) is 12.2 Å². The number of rotatable bonds is 3. The van der Waals surface area contributed by atoms with Gasteiger partial charge in [-0.3, -0.25) is 4.79 Å². The molecule has 0 radical (unpaired) electrons. The highest BCUT2D eigenvalue weighted by molar-refractivity contribution is 5.79. The summed E-state index contributed by atoms with van der Waals surface area (Å²) in [5.41, 5.74) is -0.292. The number of nitrogens with zero attached hydrogens (tertiary/aromatic N) is 1. The van der Waals surface area contributed by atoms with Crippen LogP contribution in [-0.2, 0) is 9.53 Å². The molecule has 0 aliphatic heterocycles. The van der Waals surface area contributed by atoms with Crippen LogP contribution in [0, 0.1) is 22.7 Å². The third kappa shape index (κ3) is 2.27. The van der Waals surface area contributed by atoms with E-state index in [9.17, 15) is 4.79 Å². The van der Waals surface area contributed by atoms with Gasteiger partial charge in [0.25, 0.3) is 0 Å². The standard InChI is InChI=1S/C13H17NO2/c1-13(7-8-13)12(15)16-11(9-14)10-5-3-2-4-6-10/h2-3,10-11H,4-8H2,1H3. The number of carbonyl (C=O) groups is 1. The van der Waals surface area contributed by atoms with Gasteiger partial charge in [0.1, 0.15) is 6.07 Å². The summed E-state index contributed by atoms with van der Waals surface area (Å²) < 4.78 is 5.33. The smallest absolute Gasteiger partial charge is 0.313 e. The van der Waals surface area contributed by atoms with Crippen LogP contribution in [0.3, 0.4) is 0 Å². The van der Waals surface area contributed by atoms with E-state index in [0.717, 1.165) is 32.1 Å². The van der Waals surface area contributed by atoms with Gasteiger partial charge in [0.15, 0.2) is 6.10 Å². The first-order valence-corrected chi connectivity index (χ1v) is 5.91. The Morgan fingerprint density at radius 1 is 1.56 bits per heavy atom. The maximum atomic E-state index is 11.7. The molecule has 0 aromatic carbocycles. The molecule has 3 heteroatoms. The number of hydrogen-bond donors (Lipinski definition) is 0. The van der Waals surface area contributed by atoms with Gasteiger partial charge in [-0.1, -0.05) is 12.2 Å². The lowest BCUT2D eigenvalue weighted by Crippen LogP contribution is -2.29. The molecule has 2 unspecified atom stereocenters. The van der Waals surface area contributed by atoms with E-state index in [2.05, 4.69) is 18.2 Å². The third-order valence-electron chi connectivity index (χ3n) is 3.59. The minimum Gasteiger partial charge on any atom is -0.446 e. The summed E-state index contributed by atoms with van der Waals surface area (Å²) in [7, 11) is 0. The van der Waals surface area contributed by atoms with Gasteiger partial charge < -0.3 is 4.74 Å². The van der Waals surface area contributed by atoms with E-state index in [0.29, 0.717) is 0 Å². The fourth-order valence-corrected chi connectivity index (χ4v) is 1.97. The Kier molecular flexibility index (Phi) is 3.00. The topological polar surface area (TPSA) is 50.1 Å². The predicted octanol–water partition coefficient (Wildman–Crippen LogP) is 2.58. The molecule has 2 atom stereocenters. The maximum absolute atomic E-state index is 11.7. The fourth-order valence-electron chi connectivity index (χ4n) is 1.97. The molecule has 0 N–H and O–H groups in total. The van der Waals surface area contributed by atoms with Gasteiger partial charge >= 0.3 is 5.97 Å². The molecule has 2 aliphatic rings. The summed E-state index contributed by atoms with van der Waals surface area (Å²) in [6.07, 6.45) is 8.21. The predicted molar refractivity (Wildman–Crippen MR) is 59.3 cm³/mol. The minimum absolute atomic E-state index is 0.182. The largest absolute Gasteiger partial charge is 0.446 e. The second-order valence-corrected chi connectivity index (χ2v) is 5.06. The summed E-state index contributed by atoms with van der Waals surface area (Å²) in [4.78, 5) is 11.7. The lowest BCUT2D eigenvalue weighted by Gasteiger charge is -2.23. The number of nitriles is 1. The summed E-state index contributed by atoms with van der Waals surface area (Å²) in [5.74, 6) is -0.00472. The van der Waals surface area contributed by atoms with Crippen molar-refractivity contribution in [2.24, 2.45) is 11.3 Å². The van der Waals surface area contributed by atoms with E-state index >= 15 is 0 Å². The average Bonchev–Trinajstić information content (AvgIpc) is 3.06. The number of esters is 1. The van der Waals surface area contributed by atoms with Crippen LogP contribution in [0.5, 0.6) is 0 Å². The Labute approximate surface area is 96.1 Å². The van der Waals surface area contributed by atoms with Crippen LogP contribution in [0.1, 0.15) is 39.0 Å². The summed E-state index contributed by atoms with van der Waals surface area (Å²) in [5, 5.41) is 9.06. The molecule has 0 spiro atoms. The van der Waals surface area contributed by atoms with Crippen LogP contribution in [0.15, 0.2) is 12.2 Å². The molecule has 0 amide bonds. The van der Waals surface area contributed by atoms with Crippen LogP contribution in [0.4, 0.5) is 0 Å². The van der Waals surface area contributed by atoms with Crippen LogP contribution in [-0.4, -0.2) is 12.1 Å². The highest BCUT2D eigenvalue weighted by Crippen LogP contribution is 2.46. The zero-order valence-corrected chi connectivity index (χ0v) is 9.61. The zero-order valence-electron chi connectivity index (χ0n) is 9.61. The lowest BCUT2D eigenvalue weighted by molar-refractivity contribution is -0.154. The number of ether oxygens (including phenoxy) is 1. The van der Waals surface area contributed by atoms with Gasteiger partial charge in [-0.2, -0.15) is 5.26 Å². The van der Waals surface area contributed by atoms with Crippen LogP contribution in [0.25, 0.3) is 0 Å². The maximum Gasteiger partial charge on any atom is 0.313 e. The number of hydrogen-bond acceptors (Lipinski definition) is 3. The van der Waals surface area contributed by atoms with Crippen LogP contribution < -0.4 is 0 Å². The van der Waals surface area contributed by atoms with E-state index in [1.165, 1.54) is 0 Å². The van der Waals surface area contributed by atoms with Crippen molar-refractivity contribution in [1.82, 2.24) is 0 Å². The normalized spacial score (nSPS) is 27.9. The molecule has 0 heterocycles. The average molecular weight is 219 g/mol. The highest BCUT2D eigenvalue weighted by atomic mass is 16.5. The monoisotopic (exact) mass is 219 g/mol. The van der Waals surface area contributed by atoms with Crippen LogP contribution in [0.2, 0.25) is 0 Å². The number of carbonyl (C=O) groups excluding carboxylic acids is 1. The van der Waals surface area contributed by atoms with Gasteiger partial charge in [0, 0.05) is 5.92 Å². The SMILES string of the molecule is CC1(C(=O)OC(C#N)C2CC=CCC2)CC1. The van der Waals surface area contributed by atoms with Gasteiger partial charge in [-0.15, -0.1) is 0 Å². The first kappa shape index (κ1) is 11.2. The van der Waals surface area contributed by atoms with Gasteiger partial charge in [-0.25, -0.2) is 0 Å². The summed E-state index contributed by atoms with van der Waals surface area (Å²) in [6.45, 7) is 1.91. The molecule has 86 valence electrons. The summed E-state index contributed by atoms with van der Waals surface area (Å²) >= 11 is 0. The van der Waals surface area contributed by atoms with Crippen molar-refractivity contribution in [3.8, 4) is 6.07 Å². The minimum atomic E-state index is -0.560. The Bertz CT molecular complexity index is 349. The van der Waals surface area contributed by atoms with E-state index < -0.39 is 6.10 Å². The summed E-state index contributed by atoms with van der Waals surface area (Å²) in [6, 6.07) is 2.13. The van der Waals surface area contributed by atoms with Crippen molar-refractivity contribution in [2.45, 2.75) is 45.1 Å². The van der Waals surface area contributed by atoms with Crippen LogP contribution >= 0.6 is 0 Å². The Hall–Kier alpha value is -1.30. The lowest BCUT2D eigenvalue weighted by atomic mass is 9.90. The highest BCUT2D eigenvalue weighted by Gasteiger charge is 2.47. The van der Waals surface area contributed by atoms with E-state index in [1.54, 1.807) is 0 Å². The fraction of sp³-hybridized carbons (Fsp3) is 0.692.